The van der Waals surface area contributed by atoms with Crippen molar-refractivity contribution in [2.75, 3.05) is 0 Å². The second-order valence-corrected chi connectivity index (χ2v) is 6.56. The predicted octanol–water partition coefficient (Wildman–Crippen LogP) is 3.68. The molecule has 0 aliphatic heterocycles. The van der Waals surface area contributed by atoms with Crippen molar-refractivity contribution in [3.05, 3.63) is 95.7 Å². The third-order valence-corrected chi connectivity index (χ3v) is 4.49. The van der Waals surface area contributed by atoms with Gasteiger partial charge in [-0.3, -0.25) is 25.4 Å². The van der Waals surface area contributed by atoms with Crippen LogP contribution < -0.4 is 10.9 Å². The molecule has 2 aromatic heterocycles. The number of para-hydroxylation sites is 1. The summed E-state index contributed by atoms with van der Waals surface area (Å²) < 4.78 is 0. The van der Waals surface area contributed by atoms with Gasteiger partial charge in [0.15, 0.2) is 0 Å². The van der Waals surface area contributed by atoms with E-state index in [1.807, 2.05) is 61.5 Å². The van der Waals surface area contributed by atoms with Gasteiger partial charge in [0.1, 0.15) is 0 Å². The highest BCUT2D eigenvalue weighted by molar-refractivity contribution is 6.08. The van der Waals surface area contributed by atoms with Gasteiger partial charge in [-0.05, 0) is 43.3 Å². The van der Waals surface area contributed by atoms with Crippen molar-refractivity contribution in [2.24, 2.45) is 0 Å². The summed E-state index contributed by atoms with van der Waals surface area (Å²) in [6, 6.07) is 21.6. The maximum absolute atomic E-state index is 12.9. The van der Waals surface area contributed by atoms with Crippen molar-refractivity contribution in [3.63, 3.8) is 0 Å². The number of carbonyl (C=O) groups excluding carboxylic acids is 2. The Morgan fingerprint density at radius 3 is 2.28 bits per heavy atom. The van der Waals surface area contributed by atoms with Crippen molar-refractivity contribution in [2.45, 2.75) is 6.92 Å². The highest BCUT2D eigenvalue weighted by Crippen LogP contribution is 2.23. The summed E-state index contributed by atoms with van der Waals surface area (Å²) in [5, 5.41) is 0.689. The molecule has 2 N–H and O–H groups in total. The van der Waals surface area contributed by atoms with Gasteiger partial charge in [-0.2, -0.15) is 0 Å². The van der Waals surface area contributed by atoms with E-state index < -0.39 is 5.91 Å². The highest BCUT2D eigenvalue weighted by Gasteiger charge is 2.15. The normalized spacial score (nSPS) is 10.5. The van der Waals surface area contributed by atoms with Gasteiger partial charge in [0.25, 0.3) is 11.8 Å². The molecule has 2 aromatic carbocycles. The highest BCUT2D eigenvalue weighted by atomic mass is 16.2. The standard InChI is InChI=1S/C23H18N4O2/c1-15-9-11-16(12-10-15)22(28)26-27-23(29)18-14-21(20-8-4-5-13-24-20)25-19-7-3-2-6-17(18)19/h2-14H,1H3,(H,26,28)(H,27,29). The minimum absolute atomic E-state index is 0.387. The van der Waals surface area contributed by atoms with Gasteiger partial charge in [-0.1, -0.05) is 42.0 Å². The topological polar surface area (TPSA) is 84.0 Å². The molecule has 0 bridgehead atoms. The van der Waals surface area contributed by atoms with E-state index in [0.717, 1.165) is 5.56 Å². The number of hydrogen-bond acceptors (Lipinski definition) is 4. The number of benzene rings is 2. The summed E-state index contributed by atoms with van der Waals surface area (Å²) >= 11 is 0. The Labute approximate surface area is 167 Å². The number of aromatic nitrogens is 2. The monoisotopic (exact) mass is 382 g/mol. The van der Waals surface area contributed by atoms with E-state index in [1.165, 1.54) is 0 Å². The molecule has 2 heterocycles. The van der Waals surface area contributed by atoms with E-state index >= 15 is 0 Å². The number of nitrogens with one attached hydrogen (secondary N) is 2. The van der Waals surface area contributed by atoms with Crippen LogP contribution in [0.25, 0.3) is 22.3 Å². The fraction of sp³-hybridized carbons (Fsp3) is 0.0435. The number of hydrazine groups is 1. The average Bonchev–Trinajstić information content (AvgIpc) is 2.77. The first-order valence-corrected chi connectivity index (χ1v) is 9.10. The maximum atomic E-state index is 12.9. The van der Waals surface area contributed by atoms with Crippen LogP contribution in [0.1, 0.15) is 26.3 Å². The van der Waals surface area contributed by atoms with Gasteiger partial charge in [-0.25, -0.2) is 4.98 Å². The van der Waals surface area contributed by atoms with Crippen molar-refractivity contribution < 1.29 is 9.59 Å². The Bertz CT molecular complexity index is 1190. The van der Waals surface area contributed by atoms with Gasteiger partial charge < -0.3 is 0 Å². The molecular weight excluding hydrogens is 364 g/mol. The SMILES string of the molecule is Cc1ccc(C(=O)NNC(=O)c2cc(-c3ccccn3)nc3ccccc23)cc1. The molecule has 0 aliphatic carbocycles. The predicted molar refractivity (Wildman–Crippen MR) is 111 cm³/mol. The summed E-state index contributed by atoms with van der Waals surface area (Å²) in [4.78, 5) is 34.1. The smallest absolute Gasteiger partial charge is 0.267 e. The quantitative estimate of drug-likeness (QED) is 0.530. The van der Waals surface area contributed by atoms with Crippen LogP contribution in [0.5, 0.6) is 0 Å². The molecule has 0 atom stereocenters. The van der Waals surface area contributed by atoms with Crippen LogP contribution in [0.4, 0.5) is 0 Å². The first-order valence-electron chi connectivity index (χ1n) is 9.10. The number of amides is 2. The zero-order valence-electron chi connectivity index (χ0n) is 15.7. The van der Waals surface area contributed by atoms with Gasteiger partial charge in [-0.15, -0.1) is 0 Å². The van der Waals surface area contributed by atoms with E-state index in [1.54, 1.807) is 24.4 Å². The zero-order valence-corrected chi connectivity index (χ0v) is 15.7. The molecule has 0 unspecified atom stereocenters. The molecule has 0 fully saturated rings. The van der Waals surface area contributed by atoms with Crippen LogP contribution in [0.2, 0.25) is 0 Å². The molecule has 0 spiro atoms. The number of fused-ring (bicyclic) bond motifs is 1. The van der Waals surface area contributed by atoms with Crippen LogP contribution in [-0.2, 0) is 0 Å². The Morgan fingerprint density at radius 2 is 1.52 bits per heavy atom. The van der Waals surface area contributed by atoms with Crippen molar-refractivity contribution in [1.29, 1.82) is 0 Å². The number of carbonyl (C=O) groups is 2. The largest absolute Gasteiger partial charge is 0.270 e. The molecule has 29 heavy (non-hydrogen) atoms. The zero-order chi connectivity index (χ0) is 20.2. The lowest BCUT2D eigenvalue weighted by atomic mass is 10.1. The fourth-order valence-electron chi connectivity index (χ4n) is 2.97. The molecule has 4 rings (SSSR count). The summed E-state index contributed by atoms with van der Waals surface area (Å²) in [5.74, 6) is -0.817. The third kappa shape index (κ3) is 3.96. The van der Waals surface area contributed by atoms with Gasteiger partial charge in [0, 0.05) is 17.1 Å². The second-order valence-electron chi connectivity index (χ2n) is 6.56. The van der Waals surface area contributed by atoms with E-state index in [-0.39, 0.29) is 5.91 Å². The van der Waals surface area contributed by atoms with E-state index in [0.29, 0.717) is 33.4 Å². The van der Waals surface area contributed by atoms with Crippen molar-refractivity contribution in [3.8, 4) is 11.4 Å². The second kappa shape index (κ2) is 7.90. The molecule has 0 aliphatic rings. The molecule has 4 aromatic rings. The lowest BCUT2D eigenvalue weighted by Gasteiger charge is -2.11. The van der Waals surface area contributed by atoms with Gasteiger partial charge >= 0.3 is 0 Å². The van der Waals surface area contributed by atoms with E-state index in [9.17, 15) is 9.59 Å². The van der Waals surface area contributed by atoms with Crippen LogP contribution >= 0.6 is 0 Å². The first-order chi connectivity index (χ1) is 14.1. The maximum Gasteiger partial charge on any atom is 0.270 e. The molecule has 142 valence electrons. The molecule has 0 saturated heterocycles. The Kier molecular flexibility index (Phi) is 4.99. The van der Waals surface area contributed by atoms with Gasteiger partial charge in [0.05, 0.1) is 22.5 Å². The van der Waals surface area contributed by atoms with Crippen LogP contribution in [0.15, 0.2) is 79.0 Å². The molecular formula is C23H18N4O2. The summed E-state index contributed by atoms with van der Waals surface area (Å²) in [5.41, 5.74) is 8.80. The number of pyridine rings is 2. The Morgan fingerprint density at radius 1 is 0.793 bits per heavy atom. The number of rotatable bonds is 3. The summed E-state index contributed by atoms with van der Waals surface area (Å²) in [6.45, 7) is 1.94. The van der Waals surface area contributed by atoms with E-state index in [2.05, 4.69) is 20.8 Å². The van der Waals surface area contributed by atoms with Crippen LogP contribution in [0, 0.1) is 6.92 Å². The van der Waals surface area contributed by atoms with Crippen molar-refractivity contribution in [1.82, 2.24) is 20.8 Å². The summed E-state index contributed by atoms with van der Waals surface area (Å²) in [7, 11) is 0. The van der Waals surface area contributed by atoms with Crippen molar-refractivity contribution >= 4 is 22.7 Å². The molecule has 6 heteroatoms. The van der Waals surface area contributed by atoms with Crippen LogP contribution in [0.3, 0.4) is 0 Å². The molecule has 2 amide bonds. The lowest BCUT2D eigenvalue weighted by Crippen LogP contribution is -2.41. The first kappa shape index (κ1) is 18.3. The van der Waals surface area contributed by atoms with E-state index in [4.69, 9.17) is 0 Å². The molecule has 0 saturated carbocycles. The number of nitrogens with zero attached hydrogens (tertiary/aromatic N) is 2. The third-order valence-electron chi connectivity index (χ3n) is 4.49. The number of aryl methyl sites for hydroxylation is 1. The Hall–Kier alpha value is -4.06. The molecule has 0 radical (unpaired) electrons. The van der Waals surface area contributed by atoms with Crippen LogP contribution in [-0.4, -0.2) is 21.8 Å². The Balaban J connectivity index is 1.62. The lowest BCUT2D eigenvalue weighted by molar-refractivity contribution is 0.0847. The van der Waals surface area contributed by atoms with Gasteiger partial charge in [0.2, 0.25) is 0 Å². The number of hydrogen-bond donors (Lipinski definition) is 2. The summed E-state index contributed by atoms with van der Waals surface area (Å²) in [6.07, 6.45) is 1.67. The minimum Gasteiger partial charge on any atom is -0.267 e. The average molecular weight is 382 g/mol. The molecule has 6 nitrogen and oxygen atoms in total. The fourth-order valence-corrected chi connectivity index (χ4v) is 2.97. The minimum atomic E-state index is -0.429.